The molecular weight excluding hydrogens is 276 g/mol. The van der Waals surface area contributed by atoms with Crippen LogP contribution in [0.25, 0.3) is 0 Å². The average molecular weight is 291 g/mol. The first-order chi connectivity index (χ1) is 8.16. The van der Waals surface area contributed by atoms with E-state index >= 15 is 0 Å². The van der Waals surface area contributed by atoms with Gasteiger partial charge in [-0.1, -0.05) is 46.3 Å². The number of hydrogen-bond acceptors (Lipinski definition) is 1. The molecule has 0 aliphatic rings. The highest BCUT2D eigenvalue weighted by atomic mass is 79.9. The highest BCUT2D eigenvalue weighted by molar-refractivity contribution is 9.10. The van der Waals surface area contributed by atoms with Gasteiger partial charge in [0.05, 0.1) is 0 Å². The lowest BCUT2D eigenvalue weighted by molar-refractivity contribution is 0.303. The Kier molecular flexibility index (Phi) is 3.85. The van der Waals surface area contributed by atoms with Crippen LogP contribution in [0.1, 0.15) is 16.7 Å². The molecule has 2 aromatic carbocycles. The van der Waals surface area contributed by atoms with Crippen molar-refractivity contribution in [3.05, 3.63) is 63.6 Å². The van der Waals surface area contributed by atoms with Gasteiger partial charge in [-0.25, -0.2) is 0 Å². The van der Waals surface area contributed by atoms with Crippen LogP contribution in [0.5, 0.6) is 5.75 Å². The molecule has 0 saturated carbocycles. The molecule has 0 heterocycles. The maximum Gasteiger partial charge on any atom is 0.122 e. The maximum atomic E-state index is 5.85. The predicted octanol–water partition coefficient (Wildman–Crippen LogP) is 4.64. The van der Waals surface area contributed by atoms with Crippen LogP contribution in [0, 0.1) is 13.8 Å². The molecule has 2 rings (SSSR count). The molecule has 2 aromatic rings. The van der Waals surface area contributed by atoms with Gasteiger partial charge in [0.15, 0.2) is 0 Å². The number of benzene rings is 2. The van der Waals surface area contributed by atoms with Crippen molar-refractivity contribution in [1.29, 1.82) is 0 Å². The van der Waals surface area contributed by atoms with Gasteiger partial charge in [0.2, 0.25) is 0 Å². The molecule has 0 atom stereocenters. The van der Waals surface area contributed by atoms with Gasteiger partial charge in [0.25, 0.3) is 0 Å². The molecule has 0 aromatic heterocycles. The molecular formula is C15H15BrO. The maximum absolute atomic E-state index is 5.85. The Labute approximate surface area is 111 Å². The Bertz CT molecular complexity index is 520. The Morgan fingerprint density at radius 2 is 1.82 bits per heavy atom. The summed E-state index contributed by atoms with van der Waals surface area (Å²) in [6, 6.07) is 14.4. The van der Waals surface area contributed by atoms with E-state index in [1.165, 1.54) is 11.1 Å². The van der Waals surface area contributed by atoms with E-state index in [-0.39, 0.29) is 0 Å². The highest BCUT2D eigenvalue weighted by Gasteiger charge is 2.02. The molecule has 17 heavy (non-hydrogen) atoms. The molecule has 0 spiro atoms. The summed E-state index contributed by atoms with van der Waals surface area (Å²) in [5.41, 5.74) is 3.55. The summed E-state index contributed by atoms with van der Waals surface area (Å²) in [5.74, 6) is 0.959. The van der Waals surface area contributed by atoms with E-state index in [0.29, 0.717) is 6.61 Å². The van der Waals surface area contributed by atoms with Crippen molar-refractivity contribution >= 4 is 15.9 Å². The van der Waals surface area contributed by atoms with Crippen molar-refractivity contribution in [3.63, 3.8) is 0 Å². The lowest BCUT2D eigenvalue weighted by atomic mass is 10.1. The van der Waals surface area contributed by atoms with Gasteiger partial charge in [-0.15, -0.1) is 0 Å². The number of halogens is 1. The summed E-state index contributed by atoms with van der Waals surface area (Å²) in [5, 5.41) is 0. The third-order valence-electron chi connectivity index (χ3n) is 2.68. The zero-order valence-corrected chi connectivity index (χ0v) is 11.6. The summed E-state index contributed by atoms with van der Waals surface area (Å²) in [6.45, 7) is 4.73. The highest BCUT2D eigenvalue weighted by Crippen LogP contribution is 2.22. The second-order valence-corrected chi connectivity index (χ2v) is 5.00. The van der Waals surface area contributed by atoms with Gasteiger partial charge >= 0.3 is 0 Å². The van der Waals surface area contributed by atoms with Crippen LogP contribution in [0.15, 0.2) is 46.9 Å². The van der Waals surface area contributed by atoms with E-state index < -0.39 is 0 Å². The van der Waals surface area contributed by atoms with Crippen LogP contribution in [-0.4, -0.2) is 0 Å². The monoisotopic (exact) mass is 290 g/mol. The van der Waals surface area contributed by atoms with E-state index in [1.54, 1.807) is 0 Å². The first-order valence-corrected chi connectivity index (χ1v) is 6.39. The van der Waals surface area contributed by atoms with Gasteiger partial charge in [0.1, 0.15) is 12.4 Å². The smallest absolute Gasteiger partial charge is 0.122 e. The van der Waals surface area contributed by atoms with Crippen molar-refractivity contribution in [2.24, 2.45) is 0 Å². The van der Waals surface area contributed by atoms with E-state index in [9.17, 15) is 0 Å². The van der Waals surface area contributed by atoms with E-state index in [4.69, 9.17) is 4.74 Å². The van der Waals surface area contributed by atoms with E-state index in [0.717, 1.165) is 15.8 Å². The quantitative estimate of drug-likeness (QED) is 0.800. The van der Waals surface area contributed by atoms with Crippen LogP contribution in [-0.2, 0) is 6.61 Å². The van der Waals surface area contributed by atoms with Crippen LogP contribution in [0.4, 0.5) is 0 Å². The van der Waals surface area contributed by atoms with E-state index in [2.05, 4.69) is 54.0 Å². The molecule has 1 nitrogen and oxygen atoms in total. The standard InChI is InChI=1S/C15H15BrO/c1-11-7-8-12(2)15(9-11)17-10-13-5-3-4-6-14(13)16/h3-9H,10H2,1-2H3. The van der Waals surface area contributed by atoms with Crippen LogP contribution in [0.3, 0.4) is 0 Å². The fourth-order valence-corrected chi connectivity index (χ4v) is 2.03. The van der Waals surface area contributed by atoms with Crippen molar-refractivity contribution in [2.75, 3.05) is 0 Å². The molecule has 0 saturated heterocycles. The molecule has 88 valence electrons. The lowest BCUT2D eigenvalue weighted by Crippen LogP contribution is -1.98. The zero-order valence-electron chi connectivity index (χ0n) is 10.0. The first-order valence-electron chi connectivity index (χ1n) is 5.60. The number of hydrogen-bond donors (Lipinski definition) is 0. The summed E-state index contributed by atoms with van der Waals surface area (Å²) in [4.78, 5) is 0. The molecule has 0 unspecified atom stereocenters. The normalized spacial score (nSPS) is 10.3. The summed E-state index contributed by atoms with van der Waals surface area (Å²) in [7, 11) is 0. The van der Waals surface area contributed by atoms with Crippen molar-refractivity contribution in [2.45, 2.75) is 20.5 Å². The summed E-state index contributed by atoms with van der Waals surface area (Å²) in [6.07, 6.45) is 0. The molecule has 0 aliphatic carbocycles. The number of ether oxygens (including phenoxy) is 1. The topological polar surface area (TPSA) is 9.23 Å². The second kappa shape index (κ2) is 5.37. The van der Waals surface area contributed by atoms with Gasteiger partial charge in [-0.2, -0.15) is 0 Å². The van der Waals surface area contributed by atoms with E-state index in [1.807, 2.05) is 18.2 Å². The molecule has 0 bridgehead atoms. The molecule has 0 radical (unpaired) electrons. The fourth-order valence-electron chi connectivity index (χ4n) is 1.63. The number of rotatable bonds is 3. The van der Waals surface area contributed by atoms with Gasteiger partial charge < -0.3 is 4.74 Å². The Hall–Kier alpha value is -1.28. The van der Waals surface area contributed by atoms with Gasteiger partial charge in [-0.3, -0.25) is 0 Å². The SMILES string of the molecule is Cc1ccc(C)c(OCc2ccccc2Br)c1. The summed E-state index contributed by atoms with van der Waals surface area (Å²) >= 11 is 3.52. The molecule has 0 fully saturated rings. The van der Waals surface area contributed by atoms with Gasteiger partial charge in [-0.05, 0) is 37.1 Å². The second-order valence-electron chi connectivity index (χ2n) is 4.15. The minimum Gasteiger partial charge on any atom is -0.489 e. The van der Waals surface area contributed by atoms with Crippen LogP contribution < -0.4 is 4.74 Å². The molecule has 0 amide bonds. The van der Waals surface area contributed by atoms with Crippen molar-refractivity contribution in [3.8, 4) is 5.75 Å². The third kappa shape index (κ3) is 3.10. The average Bonchev–Trinajstić information content (AvgIpc) is 2.32. The Morgan fingerprint density at radius 1 is 1.06 bits per heavy atom. The van der Waals surface area contributed by atoms with Crippen molar-refractivity contribution < 1.29 is 4.74 Å². The summed E-state index contributed by atoms with van der Waals surface area (Å²) < 4.78 is 6.94. The predicted molar refractivity (Wildman–Crippen MR) is 74.4 cm³/mol. The largest absolute Gasteiger partial charge is 0.489 e. The lowest BCUT2D eigenvalue weighted by Gasteiger charge is -2.11. The minimum absolute atomic E-state index is 0.589. The van der Waals surface area contributed by atoms with Crippen LogP contribution in [0.2, 0.25) is 0 Å². The fraction of sp³-hybridized carbons (Fsp3) is 0.200. The minimum atomic E-state index is 0.589. The Morgan fingerprint density at radius 3 is 2.59 bits per heavy atom. The van der Waals surface area contributed by atoms with Crippen molar-refractivity contribution in [1.82, 2.24) is 0 Å². The van der Waals surface area contributed by atoms with Crippen LogP contribution >= 0.6 is 15.9 Å². The number of aryl methyl sites for hydroxylation is 2. The zero-order chi connectivity index (χ0) is 12.3. The third-order valence-corrected chi connectivity index (χ3v) is 3.46. The van der Waals surface area contributed by atoms with Gasteiger partial charge in [0, 0.05) is 10.0 Å². The molecule has 0 N–H and O–H groups in total. The molecule has 2 heteroatoms. The first kappa shape index (κ1) is 12.2. The Balaban J connectivity index is 2.12. The molecule has 0 aliphatic heterocycles.